The summed E-state index contributed by atoms with van der Waals surface area (Å²) in [6.07, 6.45) is 2.81. The minimum Gasteiger partial charge on any atom is -0.507 e. The van der Waals surface area contributed by atoms with Crippen LogP contribution in [-0.4, -0.2) is 34.9 Å². The number of phenols is 1. The molecule has 0 saturated heterocycles. The Morgan fingerprint density at radius 3 is 2.28 bits per heavy atom. The highest BCUT2D eigenvalue weighted by molar-refractivity contribution is 7.08. The van der Waals surface area contributed by atoms with Gasteiger partial charge in [-0.05, 0) is 71.1 Å². The maximum absolute atomic E-state index is 11.7. The molecule has 4 rings (SSSR count). The lowest BCUT2D eigenvalue weighted by atomic mass is 10.0. The number of hydrogen-bond acceptors (Lipinski definition) is 6. The number of carboxylic acid groups (broad SMARTS) is 1. The molecule has 0 aliphatic heterocycles. The molecule has 1 heterocycles. The van der Waals surface area contributed by atoms with Crippen molar-refractivity contribution in [3.8, 4) is 39.9 Å². The molecule has 0 unspecified atom stereocenters. The standard InChI is InChI=1S/C31H32O6S.H2O/c1-3-9-23-24(31(33)34)10-7-13-27(23)37-29-12-6-5-11-28(29)35-15-8-16-36-30-19-26(32)25(18-21(30)4-2)22-14-17-38-20-22;/h5-7,10-14,17-20,32H,3-4,8-9,15-16H2,1-2H3,(H,33,34);1H2. The van der Waals surface area contributed by atoms with Crippen molar-refractivity contribution >= 4 is 17.3 Å². The quantitative estimate of drug-likeness (QED) is 0.171. The summed E-state index contributed by atoms with van der Waals surface area (Å²) < 4.78 is 18.2. The lowest BCUT2D eigenvalue weighted by Gasteiger charge is -2.16. The van der Waals surface area contributed by atoms with E-state index in [2.05, 4.69) is 6.92 Å². The molecule has 0 fully saturated rings. The minimum atomic E-state index is -0.968. The van der Waals surface area contributed by atoms with Gasteiger partial charge in [-0.25, -0.2) is 4.79 Å². The Hall–Kier alpha value is -4.01. The van der Waals surface area contributed by atoms with Crippen LogP contribution in [0.25, 0.3) is 11.1 Å². The smallest absolute Gasteiger partial charge is 0.336 e. The van der Waals surface area contributed by atoms with Gasteiger partial charge in [0.25, 0.3) is 0 Å². The zero-order chi connectivity index (χ0) is 26.9. The van der Waals surface area contributed by atoms with Crippen LogP contribution >= 0.6 is 11.3 Å². The van der Waals surface area contributed by atoms with Crippen molar-refractivity contribution in [2.75, 3.05) is 13.2 Å². The Morgan fingerprint density at radius 2 is 1.62 bits per heavy atom. The second kappa shape index (κ2) is 14.2. The van der Waals surface area contributed by atoms with Gasteiger partial charge in [-0.15, -0.1) is 0 Å². The van der Waals surface area contributed by atoms with E-state index in [0.717, 1.165) is 29.5 Å². The SMILES string of the molecule is CCCc1c(Oc2ccccc2OCCCOc2cc(O)c(-c3ccsc3)cc2CC)cccc1C(=O)O.O. The molecule has 8 heteroatoms. The number of thiophene rings is 1. The van der Waals surface area contributed by atoms with Crippen molar-refractivity contribution in [3.05, 3.63) is 88.1 Å². The first-order chi connectivity index (χ1) is 18.5. The van der Waals surface area contributed by atoms with E-state index in [1.807, 2.05) is 48.0 Å². The van der Waals surface area contributed by atoms with Crippen LogP contribution in [0.1, 0.15) is 48.2 Å². The maximum atomic E-state index is 11.7. The first-order valence-corrected chi connectivity index (χ1v) is 13.7. The van der Waals surface area contributed by atoms with Gasteiger partial charge in [-0.2, -0.15) is 11.3 Å². The number of rotatable bonds is 13. The summed E-state index contributed by atoms with van der Waals surface area (Å²) in [5.74, 6) is 1.52. The predicted molar refractivity (Wildman–Crippen MR) is 154 cm³/mol. The zero-order valence-electron chi connectivity index (χ0n) is 22.1. The van der Waals surface area contributed by atoms with Gasteiger partial charge in [-0.1, -0.05) is 38.5 Å². The van der Waals surface area contributed by atoms with E-state index in [1.165, 1.54) is 0 Å². The van der Waals surface area contributed by atoms with E-state index in [1.54, 1.807) is 41.7 Å². The molecule has 7 nitrogen and oxygen atoms in total. The van der Waals surface area contributed by atoms with Crippen molar-refractivity contribution in [1.82, 2.24) is 0 Å². The molecule has 3 aromatic carbocycles. The molecule has 4 aromatic rings. The first-order valence-electron chi connectivity index (χ1n) is 12.8. The predicted octanol–water partition coefficient (Wildman–Crippen LogP) is 7.15. The largest absolute Gasteiger partial charge is 0.507 e. The number of carbonyl (C=O) groups is 1. The van der Waals surface area contributed by atoms with Crippen LogP contribution in [0, 0.1) is 0 Å². The molecule has 0 bridgehead atoms. The molecule has 206 valence electrons. The number of aromatic carboxylic acids is 1. The number of aromatic hydroxyl groups is 1. The van der Waals surface area contributed by atoms with Gasteiger partial charge in [0.05, 0.1) is 18.8 Å². The monoisotopic (exact) mass is 550 g/mol. The number of aryl methyl sites for hydroxylation is 1. The van der Waals surface area contributed by atoms with Crippen molar-refractivity contribution in [1.29, 1.82) is 0 Å². The highest BCUT2D eigenvalue weighted by atomic mass is 32.1. The van der Waals surface area contributed by atoms with Crippen LogP contribution < -0.4 is 14.2 Å². The second-order valence-corrected chi connectivity index (χ2v) is 9.56. The van der Waals surface area contributed by atoms with Crippen LogP contribution in [0.2, 0.25) is 0 Å². The fourth-order valence-corrected chi connectivity index (χ4v) is 4.89. The Bertz CT molecular complexity index is 1370. The molecule has 0 radical (unpaired) electrons. The molecular formula is C31H34O7S. The summed E-state index contributed by atoms with van der Waals surface area (Å²) in [7, 11) is 0. The Labute approximate surface area is 232 Å². The van der Waals surface area contributed by atoms with Crippen LogP contribution in [-0.2, 0) is 12.8 Å². The van der Waals surface area contributed by atoms with Crippen molar-refractivity contribution < 1.29 is 34.7 Å². The topological polar surface area (TPSA) is 117 Å². The molecule has 0 saturated carbocycles. The van der Waals surface area contributed by atoms with Gasteiger partial charge in [0.1, 0.15) is 17.2 Å². The molecule has 0 aliphatic rings. The molecule has 0 spiro atoms. The number of para-hydroxylation sites is 2. The normalized spacial score (nSPS) is 10.5. The van der Waals surface area contributed by atoms with Crippen molar-refractivity contribution in [2.45, 2.75) is 39.5 Å². The van der Waals surface area contributed by atoms with Crippen molar-refractivity contribution in [2.24, 2.45) is 0 Å². The summed E-state index contributed by atoms with van der Waals surface area (Å²) in [5.41, 5.74) is 3.77. The van der Waals surface area contributed by atoms with Crippen LogP contribution in [0.15, 0.2) is 71.4 Å². The summed E-state index contributed by atoms with van der Waals surface area (Å²) in [5, 5.41) is 24.1. The number of carboxylic acids is 1. The molecular weight excluding hydrogens is 516 g/mol. The fourth-order valence-electron chi connectivity index (χ4n) is 4.24. The Balaban J connectivity index is 0.00000420. The third-order valence-electron chi connectivity index (χ3n) is 6.13. The van der Waals surface area contributed by atoms with E-state index in [9.17, 15) is 15.0 Å². The first kappa shape index (κ1) is 29.5. The van der Waals surface area contributed by atoms with E-state index in [-0.39, 0.29) is 16.8 Å². The highest BCUT2D eigenvalue weighted by Crippen LogP contribution is 2.37. The van der Waals surface area contributed by atoms with E-state index in [0.29, 0.717) is 54.6 Å². The highest BCUT2D eigenvalue weighted by Gasteiger charge is 2.16. The van der Waals surface area contributed by atoms with Crippen LogP contribution in [0.4, 0.5) is 0 Å². The molecule has 0 aliphatic carbocycles. The molecule has 0 atom stereocenters. The van der Waals surface area contributed by atoms with E-state index < -0.39 is 5.97 Å². The minimum absolute atomic E-state index is 0. The van der Waals surface area contributed by atoms with Gasteiger partial charge in [0, 0.05) is 23.6 Å². The average Bonchev–Trinajstić information content (AvgIpc) is 3.45. The van der Waals surface area contributed by atoms with Gasteiger partial charge >= 0.3 is 5.97 Å². The van der Waals surface area contributed by atoms with Gasteiger partial charge in [0.15, 0.2) is 11.5 Å². The van der Waals surface area contributed by atoms with E-state index >= 15 is 0 Å². The zero-order valence-corrected chi connectivity index (χ0v) is 22.9. The summed E-state index contributed by atoms with van der Waals surface area (Å²) in [4.78, 5) is 11.7. The van der Waals surface area contributed by atoms with Crippen molar-refractivity contribution in [3.63, 3.8) is 0 Å². The fraction of sp³-hybridized carbons (Fsp3) is 0.258. The third-order valence-corrected chi connectivity index (χ3v) is 6.81. The molecule has 0 amide bonds. The van der Waals surface area contributed by atoms with E-state index in [4.69, 9.17) is 14.2 Å². The molecule has 4 N–H and O–H groups in total. The van der Waals surface area contributed by atoms with Crippen LogP contribution in [0.5, 0.6) is 28.7 Å². The lowest BCUT2D eigenvalue weighted by molar-refractivity contribution is 0.0695. The van der Waals surface area contributed by atoms with Gasteiger partial charge in [0.2, 0.25) is 0 Å². The Morgan fingerprint density at radius 1 is 0.897 bits per heavy atom. The second-order valence-electron chi connectivity index (χ2n) is 8.78. The van der Waals surface area contributed by atoms with Crippen LogP contribution in [0.3, 0.4) is 0 Å². The summed E-state index contributed by atoms with van der Waals surface area (Å²) in [6.45, 7) is 4.89. The average molecular weight is 551 g/mol. The van der Waals surface area contributed by atoms with Gasteiger partial charge < -0.3 is 29.9 Å². The lowest BCUT2D eigenvalue weighted by Crippen LogP contribution is -2.07. The number of benzene rings is 3. The number of ether oxygens (including phenoxy) is 3. The summed E-state index contributed by atoms with van der Waals surface area (Å²) in [6, 6.07) is 18.1. The molecule has 39 heavy (non-hydrogen) atoms. The number of phenolic OH excluding ortho intramolecular Hbond substituents is 1. The summed E-state index contributed by atoms with van der Waals surface area (Å²) >= 11 is 1.60. The molecule has 1 aromatic heterocycles. The number of hydrogen-bond donors (Lipinski definition) is 2. The third kappa shape index (κ3) is 7.31. The van der Waals surface area contributed by atoms with Gasteiger partial charge in [-0.3, -0.25) is 0 Å². The Kier molecular flexibility index (Phi) is 10.8. The maximum Gasteiger partial charge on any atom is 0.336 e.